The Hall–Kier alpha value is -2.07. The molecule has 0 aliphatic carbocycles. The molecule has 0 aliphatic rings. The Morgan fingerprint density at radius 3 is 2.59 bits per heavy atom. The fourth-order valence-corrected chi connectivity index (χ4v) is 2.23. The predicted octanol–water partition coefficient (Wildman–Crippen LogP) is 3.72. The minimum absolute atomic E-state index is 0.104. The van der Waals surface area contributed by atoms with Gasteiger partial charge in [-0.1, -0.05) is 23.7 Å². The van der Waals surface area contributed by atoms with Crippen LogP contribution in [0.3, 0.4) is 0 Å². The maximum absolute atomic E-state index is 12.6. The third kappa shape index (κ3) is 3.57. The Balaban J connectivity index is 2.22. The van der Waals surface area contributed by atoms with E-state index < -0.39 is 5.41 Å². The first-order valence-electron chi connectivity index (χ1n) is 7.00. The average molecular weight is 318 g/mol. The number of pyridine rings is 1. The molecule has 0 spiro atoms. The molecule has 2 rings (SSSR count). The Morgan fingerprint density at radius 1 is 1.23 bits per heavy atom. The van der Waals surface area contributed by atoms with Gasteiger partial charge >= 0.3 is 0 Å². The van der Waals surface area contributed by atoms with E-state index in [1.165, 1.54) is 0 Å². The zero-order valence-corrected chi connectivity index (χ0v) is 14.0. The van der Waals surface area contributed by atoms with Gasteiger partial charge in [0.1, 0.15) is 0 Å². The maximum atomic E-state index is 12.6. The molecule has 1 aromatic carbocycles. The van der Waals surface area contributed by atoms with E-state index in [-0.39, 0.29) is 5.91 Å². The summed E-state index contributed by atoms with van der Waals surface area (Å²) >= 11 is 6.02. The first kappa shape index (κ1) is 16.3. The van der Waals surface area contributed by atoms with E-state index in [1.807, 2.05) is 57.1 Å². The second-order valence-electron chi connectivity index (χ2n) is 5.92. The molecule has 0 unspecified atom stereocenters. The van der Waals surface area contributed by atoms with Crippen LogP contribution < -0.4 is 10.2 Å². The standard InChI is InChI=1S/C17H20ClN3O/c1-17(2,12-6-5-7-13(18)8-12)16(22)20-14-9-15(21(3)4)11-19-10-14/h5-11H,1-4H3,(H,20,22). The molecule has 22 heavy (non-hydrogen) atoms. The number of anilines is 2. The highest BCUT2D eigenvalue weighted by Gasteiger charge is 2.30. The molecule has 0 saturated heterocycles. The number of amides is 1. The minimum Gasteiger partial charge on any atom is -0.376 e. The van der Waals surface area contributed by atoms with Crippen molar-refractivity contribution in [1.82, 2.24) is 4.98 Å². The van der Waals surface area contributed by atoms with Gasteiger partial charge in [-0.05, 0) is 37.6 Å². The number of rotatable bonds is 4. The molecular weight excluding hydrogens is 298 g/mol. The van der Waals surface area contributed by atoms with E-state index in [1.54, 1.807) is 18.5 Å². The zero-order chi connectivity index (χ0) is 16.3. The topological polar surface area (TPSA) is 45.2 Å². The third-order valence-corrected chi connectivity index (χ3v) is 3.85. The van der Waals surface area contributed by atoms with Gasteiger partial charge in [-0.15, -0.1) is 0 Å². The summed E-state index contributed by atoms with van der Waals surface area (Å²) in [7, 11) is 3.86. The molecular formula is C17H20ClN3O. The highest BCUT2D eigenvalue weighted by molar-refractivity contribution is 6.30. The summed E-state index contributed by atoms with van der Waals surface area (Å²) in [4.78, 5) is 18.7. The van der Waals surface area contributed by atoms with Crippen molar-refractivity contribution >= 4 is 28.9 Å². The summed E-state index contributed by atoms with van der Waals surface area (Å²) in [5.74, 6) is -0.104. The highest BCUT2D eigenvalue weighted by atomic mass is 35.5. The largest absolute Gasteiger partial charge is 0.376 e. The second kappa shape index (κ2) is 6.36. The molecule has 1 heterocycles. The van der Waals surface area contributed by atoms with Gasteiger partial charge in [-0.25, -0.2) is 0 Å². The Morgan fingerprint density at radius 2 is 1.95 bits per heavy atom. The SMILES string of the molecule is CN(C)c1cncc(NC(=O)C(C)(C)c2cccc(Cl)c2)c1. The van der Waals surface area contributed by atoms with Crippen LogP contribution in [0.15, 0.2) is 42.7 Å². The molecule has 2 aromatic rings. The van der Waals surface area contributed by atoms with Gasteiger partial charge in [-0.3, -0.25) is 9.78 Å². The molecule has 1 amide bonds. The fraction of sp³-hybridized carbons (Fsp3) is 0.294. The molecule has 5 heteroatoms. The van der Waals surface area contributed by atoms with Crippen molar-refractivity contribution in [3.05, 3.63) is 53.3 Å². The lowest BCUT2D eigenvalue weighted by Crippen LogP contribution is -2.34. The van der Waals surface area contributed by atoms with Gasteiger partial charge < -0.3 is 10.2 Å². The van der Waals surface area contributed by atoms with E-state index in [0.29, 0.717) is 10.7 Å². The van der Waals surface area contributed by atoms with E-state index in [9.17, 15) is 4.79 Å². The summed E-state index contributed by atoms with van der Waals surface area (Å²) in [6.07, 6.45) is 3.39. The molecule has 0 bridgehead atoms. The maximum Gasteiger partial charge on any atom is 0.234 e. The van der Waals surface area contributed by atoms with Gasteiger partial charge in [0.05, 0.1) is 29.2 Å². The Kier molecular flexibility index (Phi) is 4.71. The van der Waals surface area contributed by atoms with Crippen molar-refractivity contribution < 1.29 is 4.79 Å². The summed E-state index contributed by atoms with van der Waals surface area (Å²) in [6.45, 7) is 3.74. The van der Waals surface area contributed by atoms with Crippen molar-refractivity contribution in [3.8, 4) is 0 Å². The van der Waals surface area contributed by atoms with Crippen LogP contribution >= 0.6 is 11.6 Å². The monoisotopic (exact) mass is 317 g/mol. The number of nitrogens with one attached hydrogen (secondary N) is 1. The van der Waals surface area contributed by atoms with Crippen LogP contribution in [0, 0.1) is 0 Å². The second-order valence-corrected chi connectivity index (χ2v) is 6.35. The third-order valence-electron chi connectivity index (χ3n) is 3.61. The molecule has 0 radical (unpaired) electrons. The van der Waals surface area contributed by atoms with E-state index in [0.717, 1.165) is 11.3 Å². The van der Waals surface area contributed by atoms with Crippen LogP contribution in [-0.2, 0) is 10.2 Å². The highest BCUT2D eigenvalue weighted by Crippen LogP contribution is 2.27. The number of aromatic nitrogens is 1. The average Bonchev–Trinajstić information content (AvgIpc) is 2.47. The number of carbonyl (C=O) groups excluding carboxylic acids is 1. The summed E-state index contributed by atoms with van der Waals surface area (Å²) in [5, 5.41) is 3.54. The summed E-state index contributed by atoms with van der Waals surface area (Å²) in [5.41, 5.74) is 1.78. The molecule has 1 N–H and O–H groups in total. The number of halogens is 1. The lowest BCUT2D eigenvalue weighted by atomic mass is 9.83. The van der Waals surface area contributed by atoms with Crippen molar-refractivity contribution in [2.24, 2.45) is 0 Å². The quantitative estimate of drug-likeness (QED) is 0.934. The van der Waals surface area contributed by atoms with Crippen LogP contribution in [0.1, 0.15) is 19.4 Å². The summed E-state index contributed by atoms with van der Waals surface area (Å²) in [6, 6.07) is 9.25. The number of hydrogen-bond donors (Lipinski definition) is 1. The molecule has 4 nitrogen and oxygen atoms in total. The first-order chi connectivity index (χ1) is 10.3. The van der Waals surface area contributed by atoms with Gasteiger partial charge in [0.15, 0.2) is 0 Å². The van der Waals surface area contributed by atoms with Crippen molar-refractivity contribution in [2.45, 2.75) is 19.3 Å². The molecule has 0 fully saturated rings. The van der Waals surface area contributed by atoms with E-state index in [2.05, 4.69) is 10.3 Å². The zero-order valence-electron chi connectivity index (χ0n) is 13.2. The number of nitrogens with zero attached hydrogens (tertiary/aromatic N) is 2. The van der Waals surface area contributed by atoms with E-state index >= 15 is 0 Å². The van der Waals surface area contributed by atoms with E-state index in [4.69, 9.17) is 11.6 Å². The molecule has 0 saturated carbocycles. The van der Waals surface area contributed by atoms with Crippen LogP contribution in [0.4, 0.5) is 11.4 Å². The number of benzene rings is 1. The van der Waals surface area contributed by atoms with Crippen LogP contribution in [-0.4, -0.2) is 25.0 Å². The summed E-state index contributed by atoms with van der Waals surface area (Å²) < 4.78 is 0. The van der Waals surface area contributed by atoms with Gasteiger partial charge in [0, 0.05) is 19.1 Å². The Bertz CT molecular complexity index is 683. The lowest BCUT2D eigenvalue weighted by Gasteiger charge is -2.24. The van der Waals surface area contributed by atoms with Crippen molar-refractivity contribution in [3.63, 3.8) is 0 Å². The fourth-order valence-electron chi connectivity index (χ4n) is 2.04. The van der Waals surface area contributed by atoms with Crippen LogP contribution in [0.2, 0.25) is 5.02 Å². The predicted molar refractivity (Wildman–Crippen MR) is 91.7 cm³/mol. The van der Waals surface area contributed by atoms with Crippen molar-refractivity contribution in [1.29, 1.82) is 0 Å². The molecule has 0 aliphatic heterocycles. The van der Waals surface area contributed by atoms with Crippen LogP contribution in [0.25, 0.3) is 0 Å². The van der Waals surface area contributed by atoms with Crippen LogP contribution in [0.5, 0.6) is 0 Å². The molecule has 0 atom stereocenters. The van der Waals surface area contributed by atoms with Gasteiger partial charge in [-0.2, -0.15) is 0 Å². The minimum atomic E-state index is -0.695. The molecule has 116 valence electrons. The smallest absolute Gasteiger partial charge is 0.234 e. The molecule has 1 aromatic heterocycles. The van der Waals surface area contributed by atoms with Crippen molar-refractivity contribution in [2.75, 3.05) is 24.3 Å². The van der Waals surface area contributed by atoms with Gasteiger partial charge in [0.2, 0.25) is 5.91 Å². The van der Waals surface area contributed by atoms with Gasteiger partial charge in [0.25, 0.3) is 0 Å². The first-order valence-corrected chi connectivity index (χ1v) is 7.38. The normalized spacial score (nSPS) is 11.1. The number of carbonyl (C=O) groups is 1. The lowest BCUT2D eigenvalue weighted by molar-refractivity contribution is -0.120. The number of hydrogen-bond acceptors (Lipinski definition) is 3. The Labute approximate surface area is 136 Å².